The highest BCUT2D eigenvalue weighted by molar-refractivity contribution is 6.32. The highest BCUT2D eigenvalue weighted by Gasteiger charge is 2.40. The zero-order valence-electron chi connectivity index (χ0n) is 11.9. The normalized spacial score (nSPS) is 14.7. The summed E-state index contributed by atoms with van der Waals surface area (Å²) >= 11 is 0. The first-order valence-electron chi connectivity index (χ1n) is 7.16. The van der Waals surface area contributed by atoms with E-state index in [9.17, 15) is 4.79 Å². The maximum absolute atomic E-state index is 11.1. The monoisotopic (exact) mass is 260 g/mol. The number of fused-ring (bicyclic) bond motifs is 3. The fourth-order valence-corrected chi connectivity index (χ4v) is 3.62. The lowest BCUT2D eigenvalue weighted by Crippen LogP contribution is -2.24. The second kappa shape index (κ2) is 4.62. The summed E-state index contributed by atoms with van der Waals surface area (Å²) in [6.45, 7) is 4.41. The molecule has 0 N–H and O–H groups in total. The number of rotatable bonds is 3. The van der Waals surface area contributed by atoms with Crippen molar-refractivity contribution >= 4 is 19.6 Å². The van der Waals surface area contributed by atoms with Gasteiger partial charge in [-0.2, -0.15) is 0 Å². The Morgan fingerprint density at radius 2 is 1.60 bits per heavy atom. The van der Waals surface area contributed by atoms with Crippen molar-refractivity contribution in [3.8, 4) is 11.1 Å². The molecule has 0 amide bonds. The van der Waals surface area contributed by atoms with Gasteiger partial charge in [0, 0.05) is 11.0 Å². The lowest BCUT2D eigenvalue weighted by atomic mass is 9.72. The summed E-state index contributed by atoms with van der Waals surface area (Å²) in [4.78, 5) is 11.1. The fourth-order valence-electron chi connectivity index (χ4n) is 3.62. The summed E-state index contributed by atoms with van der Waals surface area (Å²) in [5.41, 5.74) is 6.62. The second-order valence-corrected chi connectivity index (χ2v) is 5.52. The number of carbonyl (C=O) groups excluding carboxylic acids is 1. The summed E-state index contributed by atoms with van der Waals surface area (Å²) in [5.74, 6) is 0. The largest absolute Gasteiger partial charge is 0.298 e. The molecule has 2 heteroatoms. The third-order valence-electron chi connectivity index (χ3n) is 4.75. The van der Waals surface area contributed by atoms with Crippen LogP contribution in [0.15, 0.2) is 36.4 Å². The van der Waals surface area contributed by atoms with Gasteiger partial charge in [-0.3, -0.25) is 4.79 Å². The van der Waals surface area contributed by atoms with Crippen LogP contribution in [0, 0.1) is 0 Å². The second-order valence-electron chi connectivity index (χ2n) is 5.52. The van der Waals surface area contributed by atoms with Crippen LogP contribution >= 0.6 is 0 Å². The van der Waals surface area contributed by atoms with Crippen LogP contribution in [-0.4, -0.2) is 14.1 Å². The molecule has 1 nitrogen and oxygen atoms in total. The van der Waals surface area contributed by atoms with Crippen LogP contribution in [0.1, 0.15) is 48.2 Å². The molecule has 0 atom stereocenters. The summed E-state index contributed by atoms with van der Waals surface area (Å²) in [7, 11) is 6.00. The van der Waals surface area contributed by atoms with Crippen LogP contribution in [-0.2, 0) is 5.41 Å². The van der Waals surface area contributed by atoms with Crippen molar-refractivity contribution in [3.05, 3.63) is 53.1 Å². The molecule has 0 spiro atoms. The minimum absolute atomic E-state index is 0.0148. The summed E-state index contributed by atoms with van der Waals surface area (Å²) in [5, 5.41) is 0. The van der Waals surface area contributed by atoms with Gasteiger partial charge in [0.25, 0.3) is 0 Å². The van der Waals surface area contributed by atoms with Crippen LogP contribution in [0.4, 0.5) is 0 Å². The fraction of sp³-hybridized carbons (Fsp3) is 0.278. The van der Waals surface area contributed by atoms with E-state index >= 15 is 0 Å². The third-order valence-corrected chi connectivity index (χ3v) is 4.75. The Morgan fingerprint density at radius 1 is 1.00 bits per heavy atom. The number of hydrogen-bond acceptors (Lipinski definition) is 1. The van der Waals surface area contributed by atoms with Crippen molar-refractivity contribution in [2.24, 2.45) is 0 Å². The average Bonchev–Trinajstić information content (AvgIpc) is 2.76. The Hall–Kier alpha value is -1.83. The molecule has 0 bridgehead atoms. The third kappa shape index (κ3) is 1.60. The van der Waals surface area contributed by atoms with Crippen molar-refractivity contribution in [2.45, 2.75) is 32.1 Å². The van der Waals surface area contributed by atoms with E-state index in [0.717, 1.165) is 30.2 Å². The Kier molecular flexibility index (Phi) is 3.04. The standard InChI is InChI=1S/C18H17BO/c1-3-18(4-2)16-9-12(11-20)5-7-14(16)15-8-6-13(19)10-17(15)18/h5-11H,3-4H2,1-2H3. The topological polar surface area (TPSA) is 17.1 Å². The molecule has 98 valence electrons. The minimum Gasteiger partial charge on any atom is -0.298 e. The van der Waals surface area contributed by atoms with Crippen LogP contribution in [0.25, 0.3) is 11.1 Å². The number of hydrogen-bond donors (Lipinski definition) is 0. The first-order valence-corrected chi connectivity index (χ1v) is 7.16. The predicted octanol–water partition coefficient (Wildman–Crippen LogP) is 3.38. The van der Waals surface area contributed by atoms with Gasteiger partial charge in [-0.15, -0.1) is 0 Å². The number of aldehydes is 1. The molecule has 0 unspecified atom stereocenters. The maximum Gasteiger partial charge on any atom is 0.150 e. The Labute approximate surface area is 121 Å². The Bertz CT molecular complexity index is 684. The molecule has 0 heterocycles. The molecule has 20 heavy (non-hydrogen) atoms. The van der Waals surface area contributed by atoms with Crippen LogP contribution in [0.2, 0.25) is 0 Å². The lowest BCUT2D eigenvalue weighted by molar-refractivity contribution is 0.112. The van der Waals surface area contributed by atoms with E-state index in [1.807, 2.05) is 18.2 Å². The van der Waals surface area contributed by atoms with Gasteiger partial charge in [0.1, 0.15) is 14.1 Å². The summed E-state index contributed by atoms with van der Waals surface area (Å²) in [6, 6.07) is 12.2. The van der Waals surface area contributed by atoms with E-state index in [1.165, 1.54) is 22.3 Å². The van der Waals surface area contributed by atoms with E-state index in [1.54, 1.807) is 0 Å². The molecular formula is C18H17BO. The zero-order valence-corrected chi connectivity index (χ0v) is 11.9. The van der Waals surface area contributed by atoms with Gasteiger partial charge in [-0.25, -0.2) is 0 Å². The van der Waals surface area contributed by atoms with Gasteiger partial charge in [0.05, 0.1) is 0 Å². The van der Waals surface area contributed by atoms with Crippen LogP contribution < -0.4 is 5.46 Å². The molecule has 0 aliphatic heterocycles. The average molecular weight is 260 g/mol. The molecule has 0 saturated heterocycles. The van der Waals surface area contributed by atoms with E-state index in [4.69, 9.17) is 7.85 Å². The predicted molar refractivity (Wildman–Crippen MR) is 84.0 cm³/mol. The first kappa shape index (κ1) is 13.2. The molecule has 3 rings (SSSR count). The van der Waals surface area contributed by atoms with Gasteiger partial charge in [-0.1, -0.05) is 49.6 Å². The number of benzene rings is 2. The molecule has 2 radical (unpaired) electrons. The quantitative estimate of drug-likeness (QED) is 0.610. The van der Waals surface area contributed by atoms with E-state index in [2.05, 4.69) is 32.0 Å². The number of carbonyl (C=O) groups is 1. The smallest absolute Gasteiger partial charge is 0.150 e. The zero-order chi connectivity index (χ0) is 14.3. The van der Waals surface area contributed by atoms with Crippen LogP contribution in [0.5, 0.6) is 0 Å². The first-order chi connectivity index (χ1) is 9.66. The molecule has 0 saturated carbocycles. The molecule has 2 aromatic rings. The van der Waals surface area contributed by atoms with E-state index in [-0.39, 0.29) is 5.41 Å². The van der Waals surface area contributed by atoms with Crippen molar-refractivity contribution in [1.82, 2.24) is 0 Å². The SMILES string of the molecule is [B]c1ccc2c(c1)C(CC)(CC)c1cc(C=O)ccc1-2. The molecule has 0 fully saturated rings. The van der Waals surface area contributed by atoms with Crippen molar-refractivity contribution in [3.63, 3.8) is 0 Å². The van der Waals surface area contributed by atoms with Crippen LogP contribution in [0.3, 0.4) is 0 Å². The Morgan fingerprint density at radius 3 is 2.20 bits per heavy atom. The summed E-state index contributed by atoms with van der Waals surface area (Å²) in [6.07, 6.45) is 2.94. The molecule has 2 aromatic carbocycles. The van der Waals surface area contributed by atoms with Gasteiger partial charge in [0.2, 0.25) is 0 Å². The molecule has 1 aliphatic rings. The molecule has 1 aliphatic carbocycles. The van der Waals surface area contributed by atoms with E-state index < -0.39 is 0 Å². The van der Waals surface area contributed by atoms with Crippen molar-refractivity contribution in [1.29, 1.82) is 0 Å². The summed E-state index contributed by atoms with van der Waals surface area (Å²) < 4.78 is 0. The van der Waals surface area contributed by atoms with Gasteiger partial charge in [-0.05, 0) is 41.2 Å². The molecule has 0 aromatic heterocycles. The van der Waals surface area contributed by atoms with E-state index in [0.29, 0.717) is 0 Å². The van der Waals surface area contributed by atoms with Gasteiger partial charge < -0.3 is 0 Å². The molecular weight excluding hydrogens is 243 g/mol. The van der Waals surface area contributed by atoms with Crippen molar-refractivity contribution < 1.29 is 4.79 Å². The Balaban J connectivity index is 2.37. The maximum atomic E-state index is 11.1. The minimum atomic E-state index is -0.0148. The van der Waals surface area contributed by atoms with Crippen molar-refractivity contribution in [2.75, 3.05) is 0 Å². The highest BCUT2D eigenvalue weighted by atomic mass is 16.1. The van der Waals surface area contributed by atoms with Gasteiger partial charge in [0.15, 0.2) is 0 Å². The highest BCUT2D eigenvalue weighted by Crippen LogP contribution is 2.52. The van der Waals surface area contributed by atoms with Gasteiger partial charge >= 0.3 is 0 Å². The lowest BCUT2D eigenvalue weighted by Gasteiger charge is -2.30.